The molecule has 1 aliphatic rings. The summed E-state index contributed by atoms with van der Waals surface area (Å²) in [5.41, 5.74) is 0.230. The third kappa shape index (κ3) is 2.33. The zero-order valence-electron chi connectivity index (χ0n) is 11.9. The lowest BCUT2D eigenvalue weighted by atomic mass is 10.3. The predicted octanol–water partition coefficient (Wildman–Crippen LogP) is 1.61. The highest BCUT2D eigenvalue weighted by Crippen LogP contribution is 2.22. The van der Waals surface area contributed by atoms with E-state index >= 15 is 0 Å². The van der Waals surface area contributed by atoms with E-state index in [0.29, 0.717) is 10.8 Å². The van der Waals surface area contributed by atoms with Crippen molar-refractivity contribution in [2.75, 3.05) is 11.2 Å². The molecule has 2 aromatic rings. The summed E-state index contributed by atoms with van der Waals surface area (Å²) in [4.78, 5) is 41.7. The molecule has 112 valence electrons. The van der Waals surface area contributed by atoms with E-state index in [-0.39, 0.29) is 30.3 Å². The van der Waals surface area contributed by atoms with Crippen molar-refractivity contribution in [1.82, 2.24) is 9.55 Å². The molecule has 1 aliphatic heterocycles. The first-order valence-electron chi connectivity index (χ1n) is 6.70. The van der Waals surface area contributed by atoms with Crippen LogP contribution < -0.4 is 10.5 Å². The van der Waals surface area contributed by atoms with Crippen LogP contribution in [0.5, 0.6) is 0 Å². The summed E-state index contributed by atoms with van der Waals surface area (Å²) in [6, 6.07) is 9.02. The Morgan fingerprint density at radius 1 is 1.05 bits per heavy atom. The van der Waals surface area contributed by atoms with Gasteiger partial charge in [0, 0.05) is 12.8 Å². The normalized spacial score (nSPS) is 14.7. The molecule has 0 bridgehead atoms. The highest BCUT2D eigenvalue weighted by Gasteiger charge is 2.33. The van der Waals surface area contributed by atoms with Crippen molar-refractivity contribution in [3.63, 3.8) is 0 Å². The summed E-state index contributed by atoms with van der Waals surface area (Å²) < 4.78 is 1.42. The van der Waals surface area contributed by atoms with Gasteiger partial charge in [-0.2, -0.15) is 0 Å². The number of nitrogens with zero attached hydrogens (tertiary/aromatic N) is 3. The maximum atomic E-state index is 12.8. The van der Waals surface area contributed by atoms with Crippen LogP contribution in [-0.4, -0.2) is 27.6 Å². The fraction of sp³-hybridized carbons (Fsp3) is 0.200. The molecule has 0 saturated carbocycles. The predicted molar refractivity (Wildman–Crippen MR) is 83.3 cm³/mol. The van der Waals surface area contributed by atoms with E-state index in [1.54, 1.807) is 12.1 Å². The number of rotatable bonds is 3. The molecule has 0 N–H and O–H groups in total. The van der Waals surface area contributed by atoms with E-state index in [4.69, 9.17) is 0 Å². The molecule has 2 amide bonds. The number of anilines is 1. The molecule has 2 heterocycles. The first kappa shape index (κ1) is 14.5. The topological polar surface area (TPSA) is 72.3 Å². The van der Waals surface area contributed by atoms with Crippen molar-refractivity contribution in [1.29, 1.82) is 0 Å². The van der Waals surface area contributed by atoms with Crippen LogP contribution in [0.4, 0.5) is 5.69 Å². The van der Waals surface area contributed by atoms with Gasteiger partial charge in [0.25, 0.3) is 5.56 Å². The molecule has 0 atom stereocenters. The van der Waals surface area contributed by atoms with Gasteiger partial charge in [0.15, 0.2) is 5.16 Å². The Morgan fingerprint density at radius 3 is 2.27 bits per heavy atom. The lowest BCUT2D eigenvalue weighted by molar-refractivity contribution is -0.121. The van der Waals surface area contributed by atoms with Crippen molar-refractivity contribution < 1.29 is 9.59 Å². The molecular formula is C15H13N3O3S. The second kappa shape index (κ2) is 5.76. The maximum absolute atomic E-state index is 12.8. The molecule has 0 aliphatic carbocycles. The lowest BCUT2D eigenvalue weighted by Crippen LogP contribution is -2.36. The van der Waals surface area contributed by atoms with Crippen LogP contribution in [0, 0.1) is 0 Å². The van der Waals surface area contributed by atoms with Gasteiger partial charge in [-0.25, -0.2) is 9.88 Å². The minimum Gasteiger partial charge on any atom is -0.274 e. The number of aromatic nitrogens is 2. The van der Waals surface area contributed by atoms with Gasteiger partial charge in [0.05, 0.1) is 11.9 Å². The van der Waals surface area contributed by atoms with Crippen LogP contribution in [0.15, 0.2) is 46.5 Å². The number of benzene rings is 1. The average molecular weight is 315 g/mol. The van der Waals surface area contributed by atoms with Gasteiger partial charge in [-0.3, -0.25) is 19.0 Å². The lowest BCUT2D eigenvalue weighted by Gasteiger charge is -2.16. The molecule has 0 spiro atoms. The van der Waals surface area contributed by atoms with E-state index in [1.165, 1.54) is 22.5 Å². The highest BCUT2D eigenvalue weighted by atomic mass is 32.2. The molecule has 1 fully saturated rings. The van der Waals surface area contributed by atoms with Gasteiger partial charge in [0.1, 0.15) is 5.69 Å². The zero-order valence-corrected chi connectivity index (χ0v) is 12.7. The Hall–Kier alpha value is -2.41. The van der Waals surface area contributed by atoms with Gasteiger partial charge < -0.3 is 0 Å². The van der Waals surface area contributed by atoms with E-state index in [9.17, 15) is 14.4 Å². The molecule has 3 rings (SSSR count). The van der Waals surface area contributed by atoms with Gasteiger partial charge in [-0.05, 0) is 18.4 Å². The number of hydrogen-bond donors (Lipinski definition) is 0. The third-order valence-corrected chi connectivity index (χ3v) is 4.05. The molecule has 1 saturated heterocycles. The van der Waals surface area contributed by atoms with Gasteiger partial charge >= 0.3 is 0 Å². The van der Waals surface area contributed by atoms with Gasteiger partial charge in [0.2, 0.25) is 11.8 Å². The minimum absolute atomic E-state index is 0.00848. The molecule has 1 aromatic carbocycles. The summed E-state index contributed by atoms with van der Waals surface area (Å²) in [7, 11) is 0. The molecular weight excluding hydrogens is 302 g/mol. The fourth-order valence-electron chi connectivity index (χ4n) is 2.38. The quantitative estimate of drug-likeness (QED) is 0.489. The summed E-state index contributed by atoms with van der Waals surface area (Å²) >= 11 is 1.32. The van der Waals surface area contributed by atoms with E-state index in [1.807, 2.05) is 24.5 Å². The number of para-hydroxylation sites is 1. The summed E-state index contributed by atoms with van der Waals surface area (Å²) in [5, 5.41) is 0.499. The number of carbonyl (C=O) groups is 2. The maximum Gasteiger partial charge on any atom is 0.283 e. The Bertz CT molecular complexity index is 785. The summed E-state index contributed by atoms with van der Waals surface area (Å²) in [6.07, 6.45) is 3.38. The van der Waals surface area contributed by atoms with E-state index in [2.05, 4.69) is 4.98 Å². The average Bonchev–Trinajstić information content (AvgIpc) is 2.87. The molecule has 1 aromatic heterocycles. The summed E-state index contributed by atoms with van der Waals surface area (Å²) in [5.74, 6) is -0.721. The first-order chi connectivity index (χ1) is 10.6. The molecule has 7 heteroatoms. The number of amides is 2. The monoisotopic (exact) mass is 315 g/mol. The summed E-state index contributed by atoms with van der Waals surface area (Å²) in [6.45, 7) is 0. The van der Waals surface area contributed by atoms with Crippen LogP contribution >= 0.6 is 11.8 Å². The molecule has 22 heavy (non-hydrogen) atoms. The van der Waals surface area contributed by atoms with Crippen LogP contribution in [0.3, 0.4) is 0 Å². The fourth-order valence-corrected chi connectivity index (χ4v) is 2.91. The van der Waals surface area contributed by atoms with Gasteiger partial charge in [-0.1, -0.05) is 30.0 Å². The highest BCUT2D eigenvalue weighted by molar-refractivity contribution is 7.98. The van der Waals surface area contributed by atoms with Crippen molar-refractivity contribution in [3.8, 4) is 5.69 Å². The zero-order chi connectivity index (χ0) is 15.7. The third-order valence-electron chi connectivity index (χ3n) is 3.40. The molecule has 6 nitrogen and oxygen atoms in total. The van der Waals surface area contributed by atoms with Crippen molar-refractivity contribution in [2.45, 2.75) is 18.0 Å². The largest absolute Gasteiger partial charge is 0.283 e. The van der Waals surface area contributed by atoms with Crippen LogP contribution in [0.2, 0.25) is 0 Å². The van der Waals surface area contributed by atoms with Gasteiger partial charge in [-0.15, -0.1) is 0 Å². The second-order valence-electron chi connectivity index (χ2n) is 4.73. The Labute approximate surface area is 130 Å². The van der Waals surface area contributed by atoms with Crippen LogP contribution in [0.25, 0.3) is 5.69 Å². The Morgan fingerprint density at radius 2 is 1.68 bits per heavy atom. The standard InChI is InChI=1S/C15H13N3O3S/c1-22-15-16-9-11(18-12(19)7-8-13(18)20)14(21)17(15)10-5-3-2-4-6-10/h2-6,9H,7-8H2,1H3. The van der Waals surface area contributed by atoms with Crippen LogP contribution in [-0.2, 0) is 9.59 Å². The Balaban J connectivity index is 2.22. The first-order valence-corrected chi connectivity index (χ1v) is 7.93. The molecule has 0 unspecified atom stereocenters. The Kier molecular flexibility index (Phi) is 3.81. The number of imide groups is 1. The molecule has 0 radical (unpaired) electrons. The smallest absolute Gasteiger partial charge is 0.274 e. The van der Waals surface area contributed by atoms with E-state index < -0.39 is 5.56 Å². The van der Waals surface area contributed by atoms with Crippen molar-refractivity contribution in [3.05, 3.63) is 46.9 Å². The number of hydrogen-bond acceptors (Lipinski definition) is 5. The van der Waals surface area contributed by atoms with Crippen molar-refractivity contribution in [2.24, 2.45) is 0 Å². The number of thioether (sulfide) groups is 1. The van der Waals surface area contributed by atoms with Crippen LogP contribution in [0.1, 0.15) is 12.8 Å². The SMILES string of the molecule is CSc1ncc(N2C(=O)CCC2=O)c(=O)n1-c1ccccc1. The van der Waals surface area contributed by atoms with Crippen molar-refractivity contribution >= 4 is 29.3 Å². The second-order valence-corrected chi connectivity index (χ2v) is 5.50. The van der Waals surface area contributed by atoms with E-state index in [0.717, 1.165) is 4.90 Å². The minimum atomic E-state index is -0.422. The number of carbonyl (C=O) groups excluding carboxylic acids is 2.